The zero-order valence-corrected chi connectivity index (χ0v) is 10.9. The molecule has 1 fully saturated rings. The van der Waals surface area contributed by atoms with Gasteiger partial charge in [0.05, 0.1) is 13.2 Å². The average molecular weight is 253 g/mol. The van der Waals surface area contributed by atoms with E-state index in [2.05, 4.69) is 6.92 Å². The van der Waals surface area contributed by atoms with Gasteiger partial charge in [-0.25, -0.2) is 4.39 Å². The molecule has 3 nitrogen and oxygen atoms in total. The van der Waals surface area contributed by atoms with Crippen molar-refractivity contribution in [2.75, 3.05) is 13.7 Å². The summed E-state index contributed by atoms with van der Waals surface area (Å²) < 4.78 is 24.6. The van der Waals surface area contributed by atoms with Crippen LogP contribution < -0.4 is 10.5 Å². The third-order valence-corrected chi connectivity index (χ3v) is 3.59. The molecule has 1 aromatic carbocycles. The fourth-order valence-corrected chi connectivity index (χ4v) is 2.51. The minimum Gasteiger partial charge on any atom is -0.494 e. The molecule has 3 unspecified atom stereocenters. The van der Waals surface area contributed by atoms with Gasteiger partial charge in [-0.3, -0.25) is 0 Å². The second kappa shape index (κ2) is 5.67. The van der Waals surface area contributed by atoms with Crippen molar-refractivity contribution in [1.29, 1.82) is 0 Å². The van der Waals surface area contributed by atoms with Crippen molar-refractivity contribution < 1.29 is 13.9 Å². The van der Waals surface area contributed by atoms with Gasteiger partial charge in [0, 0.05) is 12.6 Å². The van der Waals surface area contributed by atoms with Crippen LogP contribution in [0.5, 0.6) is 5.75 Å². The monoisotopic (exact) mass is 253 g/mol. The Kier molecular flexibility index (Phi) is 4.19. The number of rotatable bonds is 4. The van der Waals surface area contributed by atoms with Gasteiger partial charge in [-0.15, -0.1) is 0 Å². The predicted molar refractivity (Wildman–Crippen MR) is 68.2 cm³/mol. The number of hydrogen-bond acceptors (Lipinski definition) is 3. The number of benzene rings is 1. The molecule has 0 spiro atoms. The summed E-state index contributed by atoms with van der Waals surface area (Å²) in [6, 6.07) is 4.96. The molecule has 0 aliphatic carbocycles. The van der Waals surface area contributed by atoms with Gasteiger partial charge in [-0.2, -0.15) is 0 Å². The molecule has 4 heteroatoms. The van der Waals surface area contributed by atoms with E-state index < -0.39 is 0 Å². The lowest BCUT2D eigenvalue weighted by Crippen LogP contribution is -2.39. The summed E-state index contributed by atoms with van der Waals surface area (Å²) in [4.78, 5) is 0. The van der Waals surface area contributed by atoms with Gasteiger partial charge in [-0.05, 0) is 30.4 Å². The number of methoxy groups -OCH3 is 1. The highest BCUT2D eigenvalue weighted by Gasteiger charge is 2.30. The Morgan fingerprint density at radius 2 is 2.33 bits per heavy atom. The molecule has 2 N–H and O–H groups in total. The topological polar surface area (TPSA) is 44.5 Å². The highest BCUT2D eigenvalue weighted by molar-refractivity contribution is 5.31. The summed E-state index contributed by atoms with van der Waals surface area (Å²) in [6.45, 7) is 2.87. The van der Waals surface area contributed by atoms with Gasteiger partial charge in [0.25, 0.3) is 0 Å². The van der Waals surface area contributed by atoms with E-state index in [1.807, 2.05) is 0 Å². The van der Waals surface area contributed by atoms with Gasteiger partial charge in [0.1, 0.15) is 0 Å². The molecule has 0 radical (unpaired) electrons. The zero-order valence-electron chi connectivity index (χ0n) is 10.9. The molecule has 0 amide bonds. The van der Waals surface area contributed by atoms with E-state index >= 15 is 0 Å². The minimum absolute atomic E-state index is 0.0237. The summed E-state index contributed by atoms with van der Waals surface area (Å²) in [5.41, 5.74) is 6.72. The Bertz CT molecular complexity index is 411. The summed E-state index contributed by atoms with van der Waals surface area (Å²) in [5.74, 6) is 0.384. The van der Waals surface area contributed by atoms with E-state index in [-0.39, 0.29) is 23.7 Å². The van der Waals surface area contributed by atoms with Gasteiger partial charge >= 0.3 is 0 Å². The van der Waals surface area contributed by atoms with Crippen LogP contribution in [0.3, 0.4) is 0 Å². The zero-order chi connectivity index (χ0) is 13.1. The molecule has 1 saturated heterocycles. The van der Waals surface area contributed by atoms with Crippen LogP contribution in [-0.2, 0) is 11.2 Å². The molecule has 2 rings (SSSR count). The first-order valence-electron chi connectivity index (χ1n) is 6.32. The summed E-state index contributed by atoms with van der Waals surface area (Å²) >= 11 is 0. The van der Waals surface area contributed by atoms with Crippen LogP contribution >= 0.6 is 0 Å². The normalized spacial score (nSPS) is 25.1. The highest BCUT2D eigenvalue weighted by atomic mass is 19.1. The van der Waals surface area contributed by atoms with Crippen molar-refractivity contribution in [2.45, 2.75) is 31.9 Å². The van der Waals surface area contributed by atoms with Crippen LogP contribution in [0.4, 0.5) is 4.39 Å². The summed E-state index contributed by atoms with van der Waals surface area (Å²) in [6.07, 6.45) is 1.52. The summed E-state index contributed by atoms with van der Waals surface area (Å²) in [7, 11) is 1.46. The van der Waals surface area contributed by atoms with Crippen LogP contribution in [0.25, 0.3) is 0 Å². The van der Waals surface area contributed by atoms with Crippen LogP contribution in [0, 0.1) is 11.7 Å². The van der Waals surface area contributed by atoms with E-state index in [1.54, 1.807) is 18.2 Å². The van der Waals surface area contributed by atoms with Crippen molar-refractivity contribution in [3.8, 4) is 5.75 Å². The first kappa shape index (κ1) is 13.3. The number of ether oxygens (including phenoxy) is 2. The SMILES string of the molecule is COc1cccc(CC(N)C2OCCC2C)c1F. The third kappa shape index (κ3) is 2.65. The van der Waals surface area contributed by atoms with E-state index in [0.717, 1.165) is 13.0 Å². The molecular weight excluding hydrogens is 233 g/mol. The maximum atomic E-state index is 14.0. The Balaban J connectivity index is 2.09. The molecular formula is C14H20FNO2. The molecule has 1 aromatic rings. The van der Waals surface area contributed by atoms with Crippen LogP contribution in [-0.4, -0.2) is 25.9 Å². The van der Waals surface area contributed by atoms with E-state index in [1.165, 1.54) is 7.11 Å². The lowest BCUT2D eigenvalue weighted by atomic mass is 9.93. The Hall–Kier alpha value is -1.13. The highest BCUT2D eigenvalue weighted by Crippen LogP contribution is 2.26. The van der Waals surface area contributed by atoms with Crippen LogP contribution in [0.15, 0.2) is 18.2 Å². The molecule has 3 atom stereocenters. The standard InChI is InChI=1S/C14H20FNO2/c1-9-6-7-18-14(9)11(16)8-10-4-3-5-12(17-2)13(10)15/h3-5,9,11,14H,6-8,16H2,1-2H3. The maximum Gasteiger partial charge on any atom is 0.168 e. The second-order valence-corrected chi connectivity index (χ2v) is 4.90. The number of nitrogens with two attached hydrogens (primary N) is 1. The van der Waals surface area contributed by atoms with Crippen molar-refractivity contribution in [1.82, 2.24) is 0 Å². The average Bonchev–Trinajstić information content (AvgIpc) is 2.78. The second-order valence-electron chi connectivity index (χ2n) is 4.90. The Morgan fingerprint density at radius 1 is 1.56 bits per heavy atom. The Morgan fingerprint density at radius 3 is 2.94 bits per heavy atom. The van der Waals surface area contributed by atoms with Gasteiger partial charge in [-0.1, -0.05) is 19.1 Å². The van der Waals surface area contributed by atoms with Gasteiger partial charge < -0.3 is 15.2 Å². The first-order chi connectivity index (χ1) is 8.63. The number of hydrogen-bond donors (Lipinski definition) is 1. The van der Waals surface area contributed by atoms with E-state index in [9.17, 15) is 4.39 Å². The lowest BCUT2D eigenvalue weighted by Gasteiger charge is -2.22. The van der Waals surface area contributed by atoms with Crippen LogP contribution in [0.1, 0.15) is 18.9 Å². The smallest absolute Gasteiger partial charge is 0.168 e. The maximum absolute atomic E-state index is 14.0. The Labute approximate surface area is 107 Å². The molecule has 18 heavy (non-hydrogen) atoms. The van der Waals surface area contributed by atoms with Crippen molar-refractivity contribution in [3.05, 3.63) is 29.6 Å². The fourth-order valence-electron chi connectivity index (χ4n) is 2.51. The van der Waals surface area contributed by atoms with Crippen molar-refractivity contribution >= 4 is 0 Å². The van der Waals surface area contributed by atoms with Gasteiger partial charge in [0.15, 0.2) is 11.6 Å². The molecule has 1 aliphatic heterocycles. The summed E-state index contributed by atoms with van der Waals surface area (Å²) in [5, 5.41) is 0. The van der Waals surface area contributed by atoms with Crippen molar-refractivity contribution in [2.24, 2.45) is 11.7 Å². The largest absolute Gasteiger partial charge is 0.494 e. The first-order valence-corrected chi connectivity index (χ1v) is 6.32. The minimum atomic E-state index is -0.318. The van der Waals surface area contributed by atoms with Gasteiger partial charge in [0.2, 0.25) is 0 Å². The molecule has 0 aromatic heterocycles. The molecule has 100 valence electrons. The van der Waals surface area contributed by atoms with Crippen LogP contribution in [0.2, 0.25) is 0 Å². The molecule has 1 heterocycles. The third-order valence-electron chi connectivity index (χ3n) is 3.59. The van der Waals surface area contributed by atoms with Crippen molar-refractivity contribution in [3.63, 3.8) is 0 Å². The van der Waals surface area contributed by atoms with E-state index in [4.69, 9.17) is 15.2 Å². The predicted octanol–water partition coefficient (Wildman–Crippen LogP) is 2.13. The quantitative estimate of drug-likeness (QED) is 0.894. The lowest BCUT2D eigenvalue weighted by molar-refractivity contribution is 0.0724. The van der Waals surface area contributed by atoms with E-state index in [0.29, 0.717) is 17.9 Å². The molecule has 0 saturated carbocycles. The number of halogens is 1. The fraction of sp³-hybridized carbons (Fsp3) is 0.571. The molecule has 1 aliphatic rings. The molecule has 0 bridgehead atoms.